The second-order valence-corrected chi connectivity index (χ2v) is 7.09. The van der Waals surface area contributed by atoms with Crippen LogP contribution in [0.1, 0.15) is 25.3 Å². The number of nitrogens with one attached hydrogen (secondary N) is 3. The minimum atomic E-state index is -1.20. The van der Waals surface area contributed by atoms with Crippen LogP contribution in [-0.4, -0.2) is 66.0 Å². The highest BCUT2D eigenvalue weighted by Crippen LogP contribution is 2.04. The van der Waals surface area contributed by atoms with Crippen molar-refractivity contribution in [1.82, 2.24) is 16.0 Å². The Labute approximate surface area is 186 Å². The van der Waals surface area contributed by atoms with E-state index in [1.165, 1.54) is 6.92 Å². The average molecular weight is 450 g/mol. The maximum absolute atomic E-state index is 12.6. The summed E-state index contributed by atoms with van der Waals surface area (Å²) in [7, 11) is 0. The number of benzene rings is 1. The molecule has 0 aliphatic heterocycles. The number of carbonyl (C=O) groups is 4. The van der Waals surface area contributed by atoms with Crippen molar-refractivity contribution in [1.29, 1.82) is 0 Å². The van der Waals surface area contributed by atoms with Crippen molar-refractivity contribution in [3.05, 3.63) is 35.9 Å². The molecule has 0 aromatic heterocycles. The number of nitrogens with zero attached hydrogens (tertiary/aromatic N) is 1. The van der Waals surface area contributed by atoms with E-state index in [-0.39, 0.29) is 31.9 Å². The molecule has 3 amide bonds. The fourth-order valence-electron chi connectivity index (χ4n) is 2.75. The van der Waals surface area contributed by atoms with Crippen molar-refractivity contribution in [2.24, 2.45) is 22.2 Å². The molecule has 12 nitrogen and oxygen atoms in total. The first-order chi connectivity index (χ1) is 15.1. The van der Waals surface area contributed by atoms with Crippen molar-refractivity contribution in [2.75, 3.05) is 13.1 Å². The van der Waals surface area contributed by atoms with Gasteiger partial charge < -0.3 is 38.3 Å². The molecule has 10 N–H and O–H groups in total. The first-order valence-corrected chi connectivity index (χ1v) is 10.1. The van der Waals surface area contributed by atoms with E-state index in [0.29, 0.717) is 6.42 Å². The maximum atomic E-state index is 12.6. The molecular formula is C20H31N7O5. The Morgan fingerprint density at radius 3 is 2.22 bits per heavy atom. The van der Waals surface area contributed by atoms with Crippen molar-refractivity contribution in [2.45, 2.75) is 44.3 Å². The molecule has 0 saturated carbocycles. The Kier molecular flexibility index (Phi) is 11.2. The van der Waals surface area contributed by atoms with E-state index >= 15 is 0 Å². The molecule has 12 heteroatoms. The molecule has 0 aliphatic rings. The molecule has 3 unspecified atom stereocenters. The second kappa shape index (κ2) is 13.6. The molecule has 1 rings (SSSR count). The molecule has 0 heterocycles. The summed E-state index contributed by atoms with van der Waals surface area (Å²) >= 11 is 0. The van der Waals surface area contributed by atoms with Gasteiger partial charge in [0.15, 0.2) is 5.96 Å². The zero-order valence-corrected chi connectivity index (χ0v) is 17.9. The molecule has 1 aromatic carbocycles. The molecule has 0 aliphatic carbocycles. The number of aliphatic imine (C=N–C) groups is 1. The van der Waals surface area contributed by atoms with Crippen LogP contribution in [-0.2, 0) is 25.6 Å². The molecule has 0 bridgehead atoms. The van der Waals surface area contributed by atoms with E-state index in [2.05, 4.69) is 20.9 Å². The minimum Gasteiger partial charge on any atom is -0.480 e. The largest absolute Gasteiger partial charge is 0.480 e. The maximum Gasteiger partial charge on any atom is 0.326 e. The Balaban J connectivity index is 2.72. The third kappa shape index (κ3) is 9.89. The van der Waals surface area contributed by atoms with Gasteiger partial charge in [0.1, 0.15) is 18.1 Å². The summed E-state index contributed by atoms with van der Waals surface area (Å²) in [6.45, 7) is 1.35. The van der Waals surface area contributed by atoms with Crippen LogP contribution < -0.4 is 33.2 Å². The number of aliphatic carboxylic acids is 1. The lowest BCUT2D eigenvalue weighted by atomic mass is 10.1. The molecule has 1 aromatic rings. The molecule has 0 saturated heterocycles. The molecule has 32 heavy (non-hydrogen) atoms. The summed E-state index contributed by atoms with van der Waals surface area (Å²) < 4.78 is 0. The van der Waals surface area contributed by atoms with E-state index in [0.717, 1.165) is 5.56 Å². The average Bonchev–Trinajstić information content (AvgIpc) is 2.75. The highest BCUT2D eigenvalue weighted by molar-refractivity contribution is 5.93. The van der Waals surface area contributed by atoms with Gasteiger partial charge in [-0.1, -0.05) is 30.3 Å². The number of amides is 3. The lowest BCUT2D eigenvalue weighted by Crippen LogP contribution is -2.55. The number of carboxylic acid groups (broad SMARTS) is 1. The number of rotatable bonds is 13. The highest BCUT2D eigenvalue weighted by Gasteiger charge is 2.27. The molecule has 3 atom stereocenters. The Bertz CT molecular complexity index is 812. The smallest absolute Gasteiger partial charge is 0.326 e. The zero-order valence-electron chi connectivity index (χ0n) is 17.9. The van der Waals surface area contributed by atoms with E-state index in [1.54, 1.807) is 30.3 Å². The number of carboxylic acids is 1. The highest BCUT2D eigenvalue weighted by atomic mass is 16.4. The van der Waals surface area contributed by atoms with Crippen LogP contribution >= 0.6 is 0 Å². The van der Waals surface area contributed by atoms with Gasteiger partial charge in [-0.3, -0.25) is 19.4 Å². The van der Waals surface area contributed by atoms with Gasteiger partial charge in [0, 0.05) is 13.0 Å². The molecule has 176 valence electrons. The number of nitrogens with two attached hydrogens (primary N) is 3. The van der Waals surface area contributed by atoms with E-state index < -0.39 is 41.8 Å². The molecule has 0 fully saturated rings. The van der Waals surface area contributed by atoms with E-state index in [9.17, 15) is 24.3 Å². The van der Waals surface area contributed by atoms with Crippen LogP contribution in [0.4, 0.5) is 0 Å². The van der Waals surface area contributed by atoms with Crippen molar-refractivity contribution < 1.29 is 24.3 Å². The second-order valence-electron chi connectivity index (χ2n) is 7.09. The van der Waals surface area contributed by atoms with Crippen molar-refractivity contribution in [3.8, 4) is 0 Å². The van der Waals surface area contributed by atoms with Crippen molar-refractivity contribution >= 4 is 29.7 Å². The molecule has 0 radical (unpaired) electrons. The SMILES string of the molecule is CC(NC(=O)C(CCCN=C(N)N)NC(=O)CN)C(=O)NC(Cc1ccccc1)C(=O)O. The topological polar surface area (TPSA) is 215 Å². The van der Waals surface area contributed by atoms with Crippen LogP contribution in [0.5, 0.6) is 0 Å². The standard InChI is InChI=1S/C20H31N7O5/c1-12(17(29)27-15(19(31)32)10-13-6-3-2-4-7-13)25-18(30)14(26-16(28)11-21)8-5-9-24-20(22)23/h2-4,6-7,12,14-15H,5,8-11,21H2,1H3,(H,25,30)(H,26,28)(H,27,29)(H,31,32)(H4,22,23,24). The first kappa shape index (κ1) is 26.4. The summed E-state index contributed by atoms with van der Waals surface area (Å²) in [4.78, 5) is 52.1. The number of hydrogen-bond donors (Lipinski definition) is 7. The van der Waals surface area contributed by atoms with Gasteiger partial charge in [-0.05, 0) is 25.3 Å². The minimum absolute atomic E-state index is 0.0859. The first-order valence-electron chi connectivity index (χ1n) is 10.1. The predicted molar refractivity (Wildman–Crippen MR) is 118 cm³/mol. The fourth-order valence-corrected chi connectivity index (χ4v) is 2.75. The third-order valence-corrected chi connectivity index (χ3v) is 4.43. The lowest BCUT2D eigenvalue weighted by Gasteiger charge is -2.22. The normalized spacial score (nSPS) is 13.2. The zero-order chi connectivity index (χ0) is 24.1. The third-order valence-electron chi connectivity index (χ3n) is 4.43. The quantitative estimate of drug-likeness (QED) is 0.0993. The lowest BCUT2D eigenvalue weighted by molar-refractivity contribution is -0.142. The van der Waals surface area contributed by atoms with Crippen LogP contribution in [0, 0.1) is 0 Å². The van der Waals surface area contributed by atoms with Crippen molar-refractivity contribution in [3.63, 3.8) is 0 Å². The van der Waals surface area contributed by atoms with E-state index in [1.807, 2.05) is 0 Å². The van der Waals surface area contributed by atoms with Gasteiger partial charge in [-0.25, -0.2) is 4.79 Å². The summed E-state index contributed by atoms with van der Waals surface area (Å²) in [5, 5.41) is 16.8. The summed E-state index contributed by atoms with van der Waals surface area (Å²) in [5.41, 5.74) is 16.5. The van der Waals surface area contributed by atoms with E-state index in [4.69, 9.17) is 17.2 Å². The molecular weight excluding hydrogens is 418 g/mol. The number of guanidine groups is 1. The van der Waals surface area contributed by atoms with Gasteiger partial charge in [-0.15, -0.1) is 0 Å². The summed E-state index contributed by atoms with van der Waals surface area (Å²) in [5.74, 6) is -3.13. The number of carbonyl (C=O) groups excluding carboxylic acids is 3. The van der Waals surface area contributed by atoms with Gasteiger partial charge in [0.25, 0.3) is 0 Å². The monoisotopic (exact) mass is 449 g/mol. The van der Waals surface area contributed by atoms with Crippen LogP contribution in [0.3, 0.4) is 0 Å². The fraction of sp³-hybridized carbons (Fsp3) is 0.450. The number of hydrogen-bond acceptors (Lipinski definition) is 6. The molecule has 0 spiro atoms. The van der Waals surface area contributed by atoms with Crippen LogP contribution in [0.15, 0.2) is 35.3 Å². The summed E-state index contributed by atoms with van der Waals surface area (Å²) in [6.07, 6.45) is 0.677. The van der Waals surface area contributed by atoms with Gasteiger partial charge in [0.2, 0.25) is 17.7 Å². The Morgan fingerprint density at radius 2 is 1.66 bits per heavy atom. The summed E-state index contributed by atoms with van der Waals surface area (Å²) in [6, 6.07) is 5.65. The van der Waals surface area contributed by atoms with Gasteiger partial charge in [-0.2, -0.15) is 0 Å². The predicted octanol–water partition coefficient (Wildman–Crippen LogP) is -2.20. The Morgan fingerprint density at radius 1 is 1.00 bits per heavy atom. The Hall–Kier alpha value is -3.67. The van der Waals surface area contributed by atoms with Gasteiger partial charge in [0.05, 0.1) is 6.54 Å². The van der Waals surface area contributed by atoms with Gasteiger partial charge >= 0.3 is 5.97 Å². The van der Waals surface area contributed by atoms with Crippen LogP contribution in [0.25, 0.3) is 0 Å². The van der Waals surface area contributed by atoms with Crippen LogP contribution in [0.2, 0.25) is 0 Å².